The van der Waals surface area contributed by atoms with Crippen LogP contribution in [0.2, 0.25) is 0 Å². The van der Waals surface area contributed by atoms with E-state index in [0.717, 1.165) is 35.3 Å². The Hall–Kier alpha value is -3.08. The fraction of sp³-hybridized carbons (Fsp3) is 0.391. The summed E-state index contributed by atoms with van der Waals surface area (Å²) in [5.41, 5.74) is 8.01. The molecular weight excluding hydrogens is 380 g/mol. The molecule has 7 nitrogen and oxygen atoms in total. The third-order valence-electron chi connectivity index (χ3n) is 6.16. The van der Waals surface area contributed by atoms with Crippen LogP contribution in [0.5, 0.6) is 5.75 Å². The van der Waals surface area contributed by atoms with Gasteiger partial charge >= 0.3 is 0 Å². The average Bonchev–Trinajstić information content (AvgIpc) is 3.03. The molecule has 0 bridgehead atoms. The largest absolute Gasteiger partial charge is 0.484 e. The van der Waals surface area contributed by atoms with Gasteiger partial charge in [-0.3, -0.25) is 0 Å². The zero-order valence-corrected chi connectivity index (χ0v) is 17.1. The Morgan fingerprint density at radius 2 is 2.07 bits per heavy atom. The van der Waals surface area contributed by atoms with Gasteiger partial charge in [0.1, 0.15) is 11.4 Å². The average molecular weight is 404 g/mol. The minimum absolute atomic E-state index is 0.215. The number of nitrogens with zero attached hydrogens (tertiary/aromatic N) is 3. The van der Waals surface area contributed by atoms with Crippen LogP contribution in [0, 0.1) is 11.3 Å². The summed E-state index contributed by atoms with van der Waals surface area (Å²) in [6.45, 7) is 2.57. The number of guanidine groups is 1. The van der Waals surface area contributed by atoms with E-state index in [1.54, 1.807) is 13.1 Å². The third-order valence-corrected chi connectivity index (χ3v) is 6.16. The van der Waals surface area contributed by atoms with Crippen LogP contribution in [0.1, 0.15) is 37.3 Å². The Morgan fingerprint density at radius 1 is 1.23 bits per heavy atom. The molecule has 2 aromatic carbocycles. The summed E-state index contributed by atoms with van der Waals surface area (Å²) in [7, 11) is 1.76. The molecule has 0 aliphatic carbocycles. The maximum atomic E-state index is 9.25. The maximum Gasteiger partial charge on any atom is 0.222 e. The Morgan fingerprint density at radius 3 is 2.77 bits per heavy atom. The molecule has 30 heavy (non-hydrogen) atoms. The Labute approximate surface area is 175 Å². The van der Waals surface area contributed by atoms with Crippen LogP contribution in [0.3, 0.4) is 0 Å². The molecule has 7 heteroatoms. The smallest absolute Gasteiger partial charge is 0.222 e. The molecule has 0 saturated carbocycles. The van der Waals surface area contributed by atoms with E-state index in [1.165, 1.54) is 5.06 Å². The van der Waals surface area contributed by atoms with E-state index >= 15 is 0 Å². The van der Waals surface area contributed by atoms with Crippen molar-refractivity contribution < 1.29 is 14.3 Å². The van der Waals surface area contributed by atoms with Gasteiger partial charge in [-0.25, -0.2) is 14.9 Å². The summed E-state index contributed by atoms with van der Waals surface area (Å²) in [6.07, 6.45) is 2.52. The van der Waals surface area contributed by atoms with Crippen molar-refractivity contribution in [3.8, 4) is 22.9 Å². The molecule has 154 valence electrons. The van der Waals surface area contributed by atoms with Crippen molar-refractivity contribution in [2.24, 2.45) is 10.7 Å². The molecule has 1 fully saturated rings. The lowest BCUT2D eigenvalue weighted by molar-refractivity contribution is -0.220. The van der Waals surface area contributed by atoms with Crippen LogP contribution in [0.4, 0.5) is 0 Å². The van der Waals surface area contributed by atoms with Crippen LogP contribution in [0.15, 0.2) is 47.5 Å². The van der Waals surface area contributed by atoms with Gasteiger partial charge in [0.05, 0.1) is 29.9 Å². The topological polar surface area (TPSA) is 93.1 Å². The normalized spacial score (nSPS) is 30.0. The minimum atomic E-state index is -0.959. The van der Waals surface area contributed by atoms with Crippen molar-refractivity contribution in [2.45, 2.75) is 43.6 Å². The van der Waals surface area contributed by atoms with Crippen LogP contribution in [0.25, 0.3) is 11.1 Å². The van der Waals surface area contributed by atoms with Crippen molar-refractivity contribution in [1.82, 2.24) is 5.06 Å². The molecule has 2 aromatic rings. The first-order valence-electron chi connectivity index (χ1n) is 10.2. The SMILES string of the molecule is CC1CCC2(CO1)CC1(N=C(N)N(C)O1)c1cc(-c3cccc(C#N)c3)ccc1O2. The number of hydrogen-bond donors (Lipinski definition) is 1. The fourth-order valence-corrected chi connectivity index (χ4v) is 4.54. The molecule has 0 amide bonds. The van der Waals surface area contributed by atoms with Crippen molar-refractivity contribution in [3.63, 3.8) is 0 Å². The van der Waals surface area contributed by atoms with Crippen LogP contribution < -0.4 is 10.5 Å². The lowest BCUT2D eigenvalue weighted by Crippen LogP contribution is -2.54. The van der Waals surface area contributed by atoms with Crippen molar-refractivity contribution >= 4 is 5.96 Å². The first-order valence-corrected chi connectivity index (χ1v) is 10.2. The summed E-state index contributed by atoms with van der Waals surface area (Å²) < 4.78 is 12.5. The second-order valence-electron chi connectivity index (χ2n) is 8.37. The molecule has 1 saturated heterocycles. The zero-order chi connectivity index (χ0) is 20.9. The standard InChI is InChI=1S/C23H24N4O3/c1-15-8-9-22(14-28-15)13-23(26-21(25)27(2)30-23)19-11-18(6-7-20(19)29-22)17-5-3-4-16(10-17)12-24/h3-7,10-11,15H,8-9,13-14H2,1-2H3,(H2,25,26). The summed E-state index contributed by atoms with van der Waals surface area (Å²) in [6, 6.07) is 15.7. The third kappa shape index (κ3) is 3.00. The van der Waals surface area contributed by atoms with E-state index in [9.17, 15) is 5.26 Å². The first-order chi connectivity index (χ1) is 14.4. The second-order valence-corrected chi connectivity index (χ2v) is 8.37. The molecular formula is C23H24N4O3. The summed E-state index contributed by atoms with van der Waals surface area (Å²) in [5.74, 6) is 1.06. The summed E-state index contributed by atoms with van der Waals surface area (Å²) in [4.78, 5) is 11.0. The number of aliphatic imine (C=N–C) groups is 1. The summed E-state index contributed by atoms with van der Waals surface area (Å²) in [5, 5.41) is 10.8. The Bertz CT molecular complexity index is 1070. The molecule has 2 N–H and O–H groups in total. The van der Waals surface area contributed by atoms with E-state index in [4.69, 9.17) is 25.0 Å². The van der Waals surface area contributed by atoms with Gasteiger partial charge in [0.15, 0.2) is 0 Å². The highest BCUT2D eigenvalue weighted by Gasteiger charge is 2.55. The van der Waals surface area contributed by atoms with Crippen molar-refractivity contribution in [1.29, 1.82) is 5.26 Å². The van der Waals surface area contributed by atoms with Crippen LogP contribution in [-0.4, -0.2) is 36.4 Å². The monoisotopic (exact) mass is 404 g/mol. The van der Waals surface area contributed by atoms with Crippen LogP contribution in [-0.2, 0) is 15.3 Å². The molecule has 3 atom stereocenters. The number of rotatable bonds is 1. The number of benzene rings is 2. The lowest BCUT2D eigenvalue weighted by Gasteiger charge is -2.47. The van der Waals surface area contributed by atoms with E-state index in [2.05, 4.69) is 13.0 Å². The number of nitriles is 1. The number of nitrogens with two attached hydrogens (primary N) is 1. The molecule has 3 aliphatic heterocycles. The molecule has 5 rings (SSSR count). The van der Waals surface area contributed by atoms with Crippen molar-refractivity contribution in [3.05, 3.63) is 53.6 Å². The Kier molecular flexibility index (Phi) is 4.24. The molecule has 0 aromatic heterocycles. The van der Waals surface area contributed by atoms with Gasteiger partial charge in [-0.15, -0.1) is 0 Å². The van der Waals surface area contributed by atoms with Crippen LogP contribution >= 0.6 is 0 Å². The van der Waals surface area contributed by atoms with Gasteiger partial charge in [0.2, 0.25) is 11.7 Å². The molecule has 3 unspecified atom stereocenters. The maximum absolute atomic E-state index is 9.25. The Balaban J connectivity index is 1.62. The number of hydroxylamine groups is 2. The van der Waals surface area contributed by atoms with E-state index in [0.29, 0.717) is 24.6 Å². The highest BCUT2D eigenvalue weighted by atomic mass is 16.7. The van der Waals surface area contributed by atoms with E-state index in [1.807, 2.05) is 36.4 Å². The molecule has 0 radical (unpaired) electrons. The molecule has 2 spiro atoms. The molecule has 3 aliphatic rings. The fourth-order valence-electron chi connectivity index (χ4n) is 4.54. The predicted octanol–water partition coefficient (Wildman–Crippen LogP) is 3.29. The first kappa shape index (κ1) is 18.9. The number of fused-ring (bicyclic) bond motifs is 2. The van der Waals surface area contributed by atoms with E-state index < -0.39 is 11.3 Å². The molecule has 3 heterocycles. The number of ether oxygens (including phenoxy) is 2. The van der Waals surface area contributed by atoms with Gasteiger partial charge in [-0.1, -0.05) is 18.2 Å². The summed E-state index contributed by atoms with van der Waals surface area (Å²) >= 11 is 0. The van der Waals surface area contributed by atoms with Gasteiger partial charge in [-0.05, 0) is 55.2 Å². The quantitative estimate of drug-likeness (QED) is 0.784. The minimum Gasteiger partial charge on any atom is -0.484 e. The highest BCUT2D eigenvalue weighted by Crippen LogP contribution is 2.52. The van der Waals surface area contributed by atoms with Gasteiger partial charge in [0.25, 0.3) is 0 Å². The van der Waals surface area contributed by atoms with E-state index in [-0.39, 0.29) is 6.10 Å². The van der Waals surface area contributed by atoms with Gasteiger partial charge in [0, 0.05) is 13.5 Å². The highest BCUT2D eigenvalue weighted by molar-refractivity contribution is 5.79. The predicted molar refractivity (Wildman–Crippen MR) is 111 cm³/mol. The van der Waals surface area contributed by atoms with Gasteiger partial charge in [-0.2, -0.15) is 5.26 Å². The second kappa shape index (κ2) is 6.73. The lowest BCUT2D eigenvalue weighted by atomic mass is 9.80. The van der Waals surface area contributed by atoms with Crippen molar-refractivity contribution in [2.75, 3.05) is 13.7 Å². The zero-order valence-electron chi connectivity index (χ0n) is 17.1. The number of hydrogen-bond acceptors (Lipinski definition) is 7. The van der Waals surface area contributed by atoms with Gasteiger partial charge < -0.3 is 15.2 Å².